The highest BCUT2D eigenvalue weighted by Crippen LogP contribution is 2.12. The lowest BCUT2D eigenvalue weighted by atomic mass is 10.0. The largest absolute Gasteiger partial charge is 0.275 e. The van der Waals surface area contributed by atoms with E-state index in [2.05, 4.69) is 13.8 Å². The van der Waals surface area contributed by atoms with Crippen molar-refractivity contribution in [3.8, 4) is 0 Å². The van der Waals surface area contributed by atoms with E-state index >= 15 is 0 Å². The molecule has 1 atom stereocenters. The molecule has 0 heterocycles. The van der Waals surface area contributed by atoms with Crippen LogP contribution in [0, 0.1) is 5.92 Å². The first-order valence-corrected chi connectivity index (χ1v) is 5.42. The van der Waals surface area contributed by atoms with Crippen LogP contribution >= 0.6 is 0 Å². The second-order valence-electron chi connectivity index (χ2n) is 3.83. The molecular weight excluding hydrogens is 178 g/mol. The normalized spacial score (nSPS) is 12.6. The highest BCUT2D eigenvalue weighted by Gasteiger charge is 2.07. The molecule has 3 nitrogen and oxygen atoms in total. The molecule has 0 aromatic carbocycles. The van der Waals surface area contributed by atoms with Crippen molar-refractivity contribution >= 4 is 5.91 Å². The van der Waals surface area contributed by atoms with Crippen molar-refractivity contribution in [2.24, 2.45) is 5.92 Å². The summed E-state index contributed by atoms with van der Waals surface area (Å²) >= 11 is 0. The number of hydrogen-bond donors (Lipinski definition) is 0. The predicted molar refractivity (Wildman–Crippen MR) is 57.7 cm³/mol. The molecule has 0 N–H and O–H groups in total. The van der Waals surface area contributed by atoms with Crippen LogP contribution < -0.4 is 0 Å². The summed E-state index contributed by atoms with van der Waals surface area (Å²) in [6.45, 7) is 4.46. The molecule has 3 heteroatoms. The van der Waals surface area contributed by atoms with Crippen molar-refractivity contribution in [3.05, 3.63) is 0 Å². The second kappa shape index (κ2) is 7.80. The van der Waals surface area contributed by atoms with Crippen molar-refractivity contribution in [2.75, 3.05) is 14.2 Å². The zero-order valence-corrected chi connectivity index (χ0v) is 9.88. The minimum atomic E-state index is 0.0663. The lowest BCUT2D eigenvalue weighted by molar-refractivity contribution is -0.168. The first kappa shape index (κ1) is 13.4. The Morgan fingerprint density at radius 3 is 2.57 bits per heavy atom. The molecule has 0 aliphatic rings. The Morgan fingerprint density at radius 1 is 1.43 bits per heavy atom. The zero-order chi connectivity index (χ0) is 11.0. The van der Waals surface area contributed by atoms with Gasteiger partial charge in [0.15, 0.2) is 0 Å². The summed E-state index contributed by atoms with van der Waals surface area (Å²) in [6.07, 6.45) is 5.16. The molecule has 0 aromatic rings. The SMILES string of the molecule is CCC(C)CCCCC(=O)N(C)OC. The summed E-state index contributed by atoms with van der Waals surface area (Å²) in [6, 6.07) is 0. The number of hydrogen-bond acceptors (Lipinski definition) is 2. The lowest BCUT2D eigenvalue weighted by Gasteiger charge is -2.13. The van der Waals surface area contributed by atoms with E-state index in [4.69, 9.17) is 4.84 Å². The molecule has 0 saturated heterocycles. The maximum absolute atomic E-state index is 11.3. The average molecular weight is 201 g/mol. The molecule has 0 radical (unpaired) electrons. The van der Waals surface area contributed by atoms with E-state index in [1.54, 1.807) is 7.05 Å². The van der Waals surface area contributed by atoms with Crippen molar-refractivity contribution in [1.29, 1.82) is 0 Å². The topological polar surface area (TPSA) is 29.5 Å². The summed E-state index contributed by atoms with van der Waals surface area (Å²) in [7, 11) is 3.16. The summed E-state index contributed by atoms with van der Waals surface area (Å²) in [5.41, 5.74) is 0. The molecule has 1 unspecified atom stereocenters. The third kappa shape index (κ3) is 5.97. The fraction of sp³-hybridized carbons (Fsp3) is 0.909. The summed E-state index contributed by atoms with van der Waals surface area (Å²) in [5.74, 6) is 0.849. The van der Waals surface area contributed by atoms with E-state index in [0.717, 1.165) is 18.8 Å². The van der Waals surface area contributed by atoms with Crippen LogP contribution in [0.4, 0.5) is 0 Å². The van der Waals surface area contributed by atoms with E-state index in [1.165, 1.54) is 25.0 Å². The molecular formula is C11H23NO2. The summed E-state index contributed by atoms with van der Waals surface area (Å²) in [4.78, 5) is 16.1. The zero-order valence-electron chi connectivity index (χ0n) is 9.88. The molecule has 0 aliphatic heterocycles. The number of nitrogens with zero attached hydrogens (tertiary/aromatic N) is 1. The Bertz CT molecular complexity index is 159. The van der Waals surface area contributed by atoms with Crippen LogP contribution in [0.3, 0.4) is 0 Å². The van der Waals surface area contributed by atoms with Gasteiger partial charge in [-0.2, -0.15) is 0 Å². The molecule has 1 amide bonds. The van der Waals surface area contributed by atoms with Gasteiger partial charge in [-0.3, -0.25) is 9.63 Å². The van der Waals surface area contributed by atoms with Crippen LogP contribution in [0.5, 0.6) is 0 Å². The second-order valence-corrected chi connectivity index (χ2v) is 3.83. The monoisotopic (exact) mass is 201 g/mol. The number of unbranched alkanes of at least 4 members (excludes halogenated alkanes) is 1. The van der Waals surface area contributed by atoms with Gasteiger partial charge in [0.25, 0.3) is 0 Å². The molecule has 0 aliphatic carbocycles. The molecule has 0 rings (SSSR count). The molecule has 0 aromatic heterocycles. The third-order valence-electron chi connectivity index (χ3n) is 2.66. The Kier molecular flexibility index (Phi) is 7.48. The van der Waals surface area contributed by atoms with Gasteiger partial charge >= 0.3 is 0 Å². The molecule has 84 valence electrons. The third-order valence-corrected chi connectivity index (χ3v) is 2.66. The van der Waals surface area contributed by atoms with E-state index in [-0.39, 0.29) is 5.91 Å². The highest BCUT2D eigenvalue weighted by atomic mass is 16.7. The van der Waals surface area contributed by atoms with Gasteiger partial charge < -0.3 is 0 Å². The molecule has 0 saturated carbocycles. The maximum Gasteiger partial charge on any atom is 0.245 e. The Labute approximate surface area is 87.4 Å². The van der Waals surface area contributed by atoms with Crippen LogP contribution in [0.15, 0.2) is 0 Å². The Hall–Kier alpha value is -0.570. The van der Waals surface area contributed by atoms with Crippen LogP contribution in [0.1, 0.15) is 46.0 Å². The van der Waals surface area contributed by atoms with E-state index in [9.17, 15) is 4.79 Å². The smallest absolute Gasteiger partial charge is 0.245 e. The Balaban J connectivity index is 3.40. The number of hydroxylamine groups is 2. The molecule has 0 fully saturated rings. The van der Waals surface area contributed by atoms with Gasteiger partial charge in [-0.25, -0.2) is 5.06 Å². The molecule has 14 heavy (non-hydrogen) atoms. The van der Waals surface area contributed by atoms with Crippen LogP contribution in [0.25, 0.3) is 0 Å². The first-order valence-electron chi connectivity index (χ1n) is 5.42. The lowest BCUT2D eigenvalue weighted by Crippen LogP contribution is -2.24. The fourth-order valence-electron chi connectivity index (χ4n) is 1.23. The maximum atomic E-state index is 11.3. The van der Waals surface area contributed by atoms with Crippen molar-refractivity contribution < 1.29 is 9.63 Å². The van der Waals surface area contributed by atoms with Gasteiger partial charge in [0.2, 0.25) is 5.91 Å². The summed E-state index contributed by atoms with van der Waals surface area (Å²) < 4.78 is 0. The molecule has 0 bridgehead atoms. The van der Waals surface area contributed by atoms with Gasteiger partial charge in [-0.05, 0) is 12.3 Å². The minimum Gasteiger partial charge on any atom is -0.275 e. The van der Waals surface area contributed by atoms with E-state index in [1.807, 2.05) is 0 Å². The van der Waals surface area contributed by atoms with Gasteiger partial charge in [0.05, 0.1) is 7.11 Å². The van der Waals surface area contributed by atoms with Crippen LogP contribution in [-0.4, -0.2) is 25.1 Å². The minimum absolute atomic E-state index is 0.0663. The van der Waals surface area contributed by atoms with E-state index < -0.39 is 0 Å². The van der Waals surface area contributed by atoms with Gasteiger partial charge in [0.1, 0.15) is 0 Å². The first-order chi connectivity index (χ1) is 6.61. The van der Waals surface area contributed by atoms with Gasteiger partial charge in [0, 0.05) is 13.5 Å². The van der Waals surface area contributed by atoms with Crippen LogP contribution in [-0.2, 0) is 9.63 Å². The quantitative estimate of drug-likeness (QED) is 0.468. The van der Waals surface area contributed by atoms with Crippen molar-refractivity contribution in [1.82, 2.24) is 5.06 Å². The van der Waals surface area contributed by atoms with Gasteiger partial charge in [-0.1, -0.05) is 33.1 Å². The number of rotatable bonds is 7. The standard InChI is InChI=1S/C11H23NO2/c1-5-10(2)8-6-7-9-11(13)12(3)14-4/h10H,5-9H2,1-4H3. The highest BCUT2D eigenvalue weighted by molar-refractivity contribution is 5.74. The van der Waals surface area contributed by atoms with Crippen LogP contribution in [0.2, 0.25) is 0 Å². The number of carbonyl (C=O) groups excluding carboxylic acids is 1. The van der Waals surface area contributed by atoms with Crippen molar-refractivity contribution in [2.45, 2.75) is 46.0 Å². The predicted octanol–water partition coefficient (Wildman–Crippen LogP) is 2.61. The number of carbonyl (C=O) groups is 1. The molecule has 0 spiro atoms. The summed E-state index contributed by atoms with van der Waals surface area (Å²) in [5, 5.41) is 1.29. The average Bonchev–Trinajstić information content (AvgIpc) is 2.22. The number of amides is 1. The van der Waals surface area contributed by atoms with E-state index in [0.29, 0.717) is 6.42 Å². The van der Waals surface area contributed by atoms with Crippen molar-refractivity contribution in [3.63, 3.8) is 0 Å². The Morgan fingerprint density at radius 2 is 2.07 bits per heavy atom. The fourth-order valence-corrected chi connectivity index (χ4v) is 1.23. The van der Waals surface area contributed by atoms with Gasteiger partial charge in [-0.15, -0.1) is 0 Å².